The van der Waals surface area contributed by atoms with Crippen LogP contribution in [0.25, 0.3) is 0 Å². The van der Waals surface area contributed by atoms with Crippen molar-refractivity contribution >= 4 is 27.8 Å². The summed E-state index contributed by atoms with van der Waals surface area (Å²) in [6.45, 7) is 2.12. The number of halogens is 1. The van der Waals surface area contributed by atoms with E-state index in [9.17, 15) is 9.59 Å². The number of nitrogens with one attached hydrogen (secondary N) is 1. The summed E-state index contributed by atoms with van der Waals surface area (Å²) in [6.07, 6.45) is 1.63. The maximum atomic E-state index is 11.7. The second-order valence-electron chi connectivity index (χ2n) is 4.43. The van der Waals surface area contributed by atoms with Crippen LogP contribution in [0.5, 0.6) is 0 Å². The number of carboxylic acids is 1. The number of carbonyl (C=O) groups is 2. The standard InChI is InChI=1S/C14H18BrNO3/c1-2-4-11(14(18)19)9-16-13(17)8-10-5-3-6-12(15)7-10/h3,5-7,11H,2,4,8-9H2,1H3,(H,16,17)(H,18,19). The molecule has 0 aliphatic rings. The highest BCUT2D eigenvalue weighted by Crippen LogP contribution is 2.12. The fraction of sp³-hybridized carbons (Fsp3) is 0.429. The van der Waals surface area contributed by atoms with E-state index in [1.54, 1.807) is 0 Å². The molecule has 1 aromatic carbocycles. The smallest absolute Gasteiger partial charge is 0.308 e. The lowest BCUT2D eigenvalue weighted by Gasteiger charge is -2.12. The lowest BCUT2D eigenvalue weighted by Crippen LogP contribution is -2.33. The van der Waals surface area contributed by atoms with Gasteiger partial charge in [-0.25, -0.2) is 0 Å². The monoisotopic (exact) mass is 327 g/mol. The maximum absolute atomic E-state index is 11.7. The van der Waals surface area contributed by atoms with Gasteiger partial charge in [0, 0.05) is 11.0 Å². The minimum Gasteiger partial charge on any atom is -0.481 e. The van der Waals surface area contributed by atoms with E-state index in [-0.39, 0.29) is 18.9 Å². The Bertz CT molecular complexity index is 448. The van der Waals surface area contributed by atoms with Crippen LogP contribution >= 0.6 is 15.9 Å². The van der Waals surface area contributed by atoms with Crippen molar-refractivity contribution in [3.05, 3.63) is 34.3 Å². The second-order valence-corrected chi connectivity index (χ2v) is 5.35. The molecule has 0 bridgehead atoms. The molecular formula is C14H18BrNO3. The van der Waals surface area contributed by atoms with Crippen molar-refractivity contribution < 1.29 is 14.7 Å². The number of benzene rings is 1. The van der Waals surface area contributed by atoms with E-state index in [1.807, 2.05) is 31.2 Å². The molecule has 0 radical (unpaired) electrons. The fourth-order valence-electron chi connectivity index (χ4n) is 1.79. The summed E-state index contributed by atoms with van der Waals surface area (Å²) in [5.74, 6) is -1.51. The van der Waals surface area contributed by atoms with Gasteiger partial charge in [0.25, 0.3) is 0 Å². The zero-order valence-corrected chi connectivity index (χ0v) is 12.4. The Morgan fingerprint density at radius 2 is 2.16 bits per heavy atom. The minimum atomic E-state index is -0.857. The zero-order chi connectivity index (χ0) is 14.3. The first kappa shape index (κ1) is 15.7. The highest BCUT2D eigenvalue weighted by molar-refractivity contribution is 9.10. The summed E-state index contributed by atoms with van der Waals surface area (Å²) in [7, 11) is 0. The molecule has 19 heavy (non-hydrogen) atoms. The predicted molar refractivity (Wildman–Crippen MR) is 76.9 cm³/mol. The normalized spacial score (nSPS) is 11.9. The van der Waals surface area contributed by atoms with E-state index in [1.165, 1.54) is 0 Å². The molecule has 4 nitrogen and oxygen atoms in total. The average Bonchev–Trinajstić information content (AvgIpc) is 2.34. The van der Waals surface area contributed by atoms with Crippen molar-refractivity contribution in [1.29, 1.82) is 0 Å². The van der Waals surface area contributed by atoms with Crippen LogP contribution in [0.15, 0.2) is 28.7 Å². The van der Waals surface area contributed by atoms with Gasteiger partial charge in [-0.3, -0.25) is 9.59 Å². The number of amides is 1. The largest absolute Gasteiger partial charge is 0.481 e. The number of aliphatic carboxylic acids is 1. The molecule has 5 heteroatoms. The van der Waals surface area contributed by atoms with Crippen LogP contribution in [0, 0.1) is 5.92 Å². The van der Waals surface area contributed by atoms with Crippen molar-refractivity contribution in [2.75, 3.05) is 6.54 Å². The summed E-state index contributed by atoms with van der Waals surface area (Å²) in [5, 5.41) is 11.7. The number of rotatable bonds is 7. The first-order valence-electron chi connectivity index (χ1n) is 6.27. The molecule has 1 atom stereocenters. The van der Waals surface area contributed by atoms with E-state index >= 15 is 0 Å². The predicted octanol–water partition coefficient (Wildman–Crippen LogP) is 2.61. The summed E-state index contributed by atoms with van der Waals surface area (Å²) >= 11 is 3.34. The van der Waals surface area contributed by atoms with Gasteiger partial charge in [0.1, 0.15) is 0 Å². The molecule has 0 saturated heterocycles. The van der Waals surface area contributed by atoms with Crippen molar-refractivity contribution in [3.63, 3.8) is 0 Å². The topological polar surface area (TPSA) is 66.4 Å². The Balaban J connectivity index is 2.45. The number of hydrogen-bond donors (Lipinski definition) is 2. The van der Waals surface area contributed by atoms with Crippen LogP contribution in [0.2, 0.25) is 0 Å². The van der Waals surface area contributed by atoms with Gasteiger partial charge >= 0.3 is 5.97 Å². The molecule has 0 heterocycles. The van der Waals surface area contributed by atoms with Crippen LogP contribution in [0.3, 0.4) is 0 Å². The third kappa shape index (κ3) is 5.87. The number of hydrogen-bond acceptors (Lipinski definition) is 2. The fourth-order valence-corrected chi connectivity index (χ4v) is 2.24. The van der Waals surface area contributed by atoms with E-state index in [0.717, 1.165) is 16.5 Å². The van der Waals surface area contributed by atoms with Gasteiger partial charge in [-0.1, -0.05) is 41.4 Å². The maximum Gasteiger partial charge on any atom is 0.308 e. The van der Waals surface area contributed by atoms with Gasteiger partial charge < -0.3 is 10.4 Å². The highest BCUT2D eigenvalue weighted by atomic mass is 79.9. The van der Waals surface area contributed by atoms with Gasteiger partial charge in [-0.2, -0.15) is 0 Å². The molecule has 0 aliphatic heterocycles. The van der Waals surface area contributed by atoms with Crippen LogP contribution in [-0.2, 0) is 16.0 Å². The lowest BCUT2D eigenvalue weighted by molar-refractivity contribution is -0.141. The summed E-state index contributed by atoms with van der Waals surface area (Å²) < 4.78 is 0.923. The van der Waals surface area contributed by atoms with Crippen LogP contribution in [0.4, 0.5) is 0 Å². The SMILES string of the molecule is CCCC(CNC(=O)Cc1cccc(Br)c1)C(=O)O. The Morgan fingerprint density at radius 3 is 2.74 bits per heavy atom. The van der Waals surface area contributed by atoms with E-state index in [2.05, 4.69) is 21.2 Å². The van der Waals surface area contributed by atoms with E-state index in [4.69, 9.17) is 5.11 Å². The van der Waals surface area contributed by atoms with Crippen LogP contribution < -0.4 is 5.32 Å². The van der Waals surface area contributed by atoms with Gasteiger partial charge in [0.15, 0.2) is 0 Å². The van der Waals surface area contributed by atoms with Crippen LogP contribution in [-0.4, -0.2) is 23.5 Å². The van der Waals surface area contributed by atoms with Crippen molar-refractivity contribution in [2.24, 2.45) is 5.92 Å². The quantitative estimate of drug-likeness (QED) is 0.808. The van der Waals surface area contributed by atoms with Crippen molar-refractivity contribution in [3.8, 4) is 0 Å². The summed E-state index contributed by atoms with van der Waals surface area (Å²) in [4.78, 5) is 22.7. The van der Waals surface area contributed by atoms with Gasteiger partial charge in [-0.05, 0) is 24.1 Å². The Labute approximate surface area is 121 Å². The van der Waals surface area contributed by atoms with Gasteiger partial charge in [0.05, 0.1) is 12.3 Å². The number of carboxylic acid groups (broad SMARTS) is 1. The molecule has 2 N–H and O–H groups in total. The zero-order valence-electron chi connectivity index (χ0n) is 10.9. The lowest BCUT2D eigenvalue weighted by atomic mass is 10.0. The van der Waals surface area contributed by atoms with E-state index < -0.39 is 11.9 Å². The molecule has 0 aliphatic carbocycles. The third-order valence-corrected chi connectivity index (χ3v) is 3.28. The summed E-state index contributed by atoms with van der Waals surface area (Å²) in [6, 6.07) is 7.50. The third-order valence-electron chi connectivity index (χ3n) is 2.79. The molecular weight excluding hydrogens is 310 g/mol. The molecule has 0 aromatic heterocycles. The minimum absolute atomic E-state index is 0.152. The molecule has 1 unspecified atom stereocenters. The molecule has 1 aromatic rings. The molecule has 1 rings (SSSR count). The molecule has 0 saturated carbocycles. The second kappa shape index (κ2) is 7.94. The van der Waals surface area contributed by atoms with Crippen molar-refractivity contribution in [2.45, 2.75) is 26.2 Å². The highest BCUT2D eigenvalue weighted by Gasteiger charge is 2.17. The molecule has 104 valence electrons. The van der Waals surface area contributed by atoms with E-state index in [0.29, 0.717) is 6.42 Å². The Hall–Kier alpha value is -1.36. The Kier molecular flexibility index (Phi) is 6.56. The van der Waals surface area contributed by atoms with Gasteiger partial charge in [-0.15, -0.1) is 0 Å². The van der Waals surface area contributed by atoms with Crippen molar-refractivity contribution in [1.82, 2.24) is 5.32 Å². The molecule has 0 spiro atoms. The van der Waals surface area contributed by atoms with Crippen LogP contribution in [0.1, 0.15) is 25.3 Å². The number of carbonyl (C=O) groups excluding carboxylic acids is 1. The molecule has 1 amide bonds. The van der Waals surface area contributed by atoms with Gasteiger partial charge in [0.2, 0.25) is 5.91 Å². The average molecular weight is 328 g/mol. The molecule has 0 fully saturated rings. The summed E-state index contributed by atoms with van der Waals surface area (Å²) in [5.41, 5.74) is 0.897. The first-order valence-corrected chi connectivity index (χ1v) is 7.06. The first-order chi connectivity index (χ1) is 9.02. The Morgan fingerprint density at radius 1 is 1.42 bits per heavy atom.